The fourth-order valence-electron chi connectivity index (χ4n) is 2.04. The molecule has 0 amide bonds. The molecule has 22 heavy (non-hydrogen) atoms. The average molecular weight is 355 g/mol. The van der Waals surface area contributed by atoms with E-state index in [2.05, 4.69) is 55.6 Å². The number of halogens is 1. The summed E-state index contributed by atoms with van der Waals surface area (Å²) in [7, 11) is 0. The first kappa shape index (κ1) is 14.5. The van der Waals surface area contributed by atoms with Crippen molar-refractivity contribution < 1.29 is 0 Å². The zero-order chi connectivity index (χ0) is 15.4. The van der Waals surface area contributed by atoms with Crippen LogP contribution in [0.4, 0.5) is 23.1 Å². The lowest BCUT2D eigenvalue weighted by atomic mass is 10.2. The molecule has 0 unspecified atom stereocenters. The highest BCUT2D eigenvalue weighted by Gasteiger charge is 2.03. The molecular weight excluding hydrogens is 340 g/mol. The summed E-state index contributed by atoms with van der Waals surface area (Å²) in [6.45, 7) is 2.06. The Kier molecular flexibility index (Phi) is 4.34. The van der Waals surface area contributed by atoms with E-state index >= 15 is 0 Å². The van der Waals surface area contributed by atoms with Crippen LogP contribution in [-0.4, -0.2) is 9.97 Å². The van der Waals surface area contributed by atoms with Gasteiger partial charge in [-0.15, -0.1) is 0 Å². The van der Waals surface area contributed by atoms with Gasteiger partial charge in [-0.3, -0.25) is 0 Å². The van der Waals surface area contributed by atoms with Crippen molar-refractivity contribution in [2.75, 3.05) is 10.6 Å². The summed E-state index contributed by atoms with van der Waals surface area (Å²) in [6.07, 6.45) is 1.73. The molecule has 4 nitrogen and oxygen atoms in total. The Morgan fingerprint density at radius 1 is 0.955 bits per heavy atom. The first-order valence-electron chi connectivity index (χ1n) is 6.89. The third-order valence-electron chi connectivity index (χ3n) is 3.07. The molecule has 5 heteroatoms. The smallest absolute Gasteiger partial charge is 0.229 e. The maximum absolute atomic E-state index is 4.48. The molecule has 3 aromatic rings. The van der Waals surface area contributed by atoms with Gasteiger partial charge < -0.3 is 10.6 Å². The van der Waals surface area contributed by atoms with E-state index in [0.717, 1.165) is 21.7 Å². The normalized spacial score (nSPS) is 10.3. The van der Waals surface area contributed by atoms with E-state index < -0.39 is 0 Å². The molecule has 110 valence electrons. The van der Waals surface area contributed by atoms with Crippen LogP contribution in [0.3, 0.4) is 0 Å². The summed E-state index contributed by atoms with van der Waals surface area (Å²) in [5, 5.41) is 6.48. The Bertz CT molecular complexity index is 789. The Morgan fingerprint density at radius 3 is 2.64 bits per heavy atom. The van der Waals surface area contributed by atoms with Crippen LogP contribution in [0.5, 0.6) is 0 Å². The van der Waals surface area contributed by atoms with E-state index in [9.17, 15) is 0 Å². The maximum Gasteiger partial charge on any atom is 0.229 e. The summed E-state index contributed by atoms with van der Waals surface area (Å²) < 4.78 is 0.968. The Balaban J connectivity index is 1.79. The second-order valence-electron chi connectivity index (χ2n) is 4.86. The van der Waals surface area contributed by atoms with Gasteiger partial charge in [0.2, 0.25) is 5.95 Å². The molecule has 0 radical (unpaired) electrons. The first-order chi connectivity index (χ1) is 10.7. The molecule has 2 aromatic carbocycles. The lowest BCUT2D eigenvalue weighted by molar-refractivity contribution is 1.16. The highest BCUT2D eigenvalue weighted by atomic mass is 79.9. The number of hydrogen-bond donors (Lipinski definition) is 2. The summed E-state index contributed by atoms with van der Waals surface area (Å²) in [5.41, 5.74) is 3.13. The molecule has 0 saturated heterocycles. The number of nitrogens with one attached hydrogen (secondary N) is 2. The van der Waals surface area contributed by atoms with Gasteiger partial charge in [0.1, 0.15) is 5.82 Å². The monoisotopic (exact) mass is 354 g/mol. The van der Waals surface area contributed by atoms with Gasteiger partial charge in [0.05, 0.1) is 5.69 Å². The van der Waals surface area contributed by atoms with E-state index in [1.807, 2.05) is 42.5 Å². The van der Waals surface area contributed by atoms with Crippen molar-refractivity contribution >= 4 is 39.1 Å². The van der Waals surface area contributed by atoms with Crippen molar-refractivity contribution in [1.29, 1.82) is 0 Å². The van der Waals surface area contributed by atoms with Crippen LogP contribution < -0.4 is 10.6 Å². The van der Waals surface area contributed by atoms with Crippen LogP contribution in [0.2, 0.25) is 0 Å². The molecule has 0 aliphatic heterocycles. The molecule has 0 saturated carbocycles. The van der Waals surface area contributed by atoms with Gasteiger partial charge in [0.15, 0.2) is 0 Å². The van der Waals surface area contributed by atoms with Crippen LogP contribution in [0, 0.1) is 6.92 Å². The molecule has 0 atom stereocenters. The van der Waals surface area contributed by atoms with Crippen LogP contribution in [0.25, 0.3) is 0 Å². The number of aromatic nitrogens is 2. The zero-order valence-corrected chi connectivity index (χ0v) is 13.6. The molecule has 2 N–H and O–H groups in total. The van der Waals surface area contributed by atoms with Crippen molar-refractivity contribution in [3.63, 3.8) is 0 Å². The van der Waals surface area contributed by atoms with Crippen LogP contribution in [-0.2, 0) is 0 Å². The van der Waals surface area contributed by atoms with Crippen molar-refractivity contribution in [3.8, 4) is 0 Å². The maximum atomic E-state index is 4.48. The van der Waals surface area contributed by atoms with Crippen molar-refractivity contribution in [3.05, 3.63) is 70.8 Å². The lowest BCUT2D eigenvalue weighted by Gasteiger charge is -2.09. The first-order valence-corrected chi connectivity index (χ1v) is 7.68. The van der Waals surface area contributed by atoms with Crippen molar-refractivity contribution in [2.24, 2.45) is 0 Å². The predicted molar refractivity (Wildman–Crippen MR) is 93.9 cm³/mol. The molecule has 0 aliphatic carbocycles. The number of rotatable bonds is 4. The van der Waals surface area contributed by atoms with Gasteiger partial charge in [-0.25, -0.2) is 4.98 Å². The number of hydrogen-bond acceptors (Lipinski definition) is 4. The van der Waals surface area contributed by atoms with Gasteiger partial charge in [-0.1, -0.05) is 24.3 Å². The number of aryl methyl sites for hydroxylation is 1. The minimum atomic E-state index is 0.546. The molecule has 0 aliphatic rings. The highest BCUT2D eigenvalue weighted by molar-refractivity contribution is 9.10. The van der Waals surface area contributed by atoms with E-state index in [1.54, 1.807) is 6.20 Å². The predicted octanol–water partition coefficient (Wildman–Crippen LogP) is 5.03. The van der Waals surface area contributed by atoms with E-state index in [0.29, 0.717) is 5.95 Å². The molecule has 0 spiro atoms. The van der Waals surface area contributed by atoms with Gasteiger partial charge >= 0.3 is 0 Å². The van der Waals surface area contributed by atoms with Crippen LogP contribution in [0.15, 0.2) is 65.3 Å². The van der Waals surface area contributed by atoms with Gasteiger partial charge in [-0.2, -0.15) is 4.98 Å². The summed E-state index contributed by atoms with van der Waals surface area (Å²) >= 11 is 3.50. The second-order valence-corrected chi connectivity index (χ2v) is 5.72. The summed E-state index contributed by atoms with van der Waals surface area (Å²) in [4.78, 5) is 8.73. The second kappa shape index (κ2) is 6.58. The quantitative estimate of drug-likeness (QED) is 0.689. The van der Waals surface area contributed by atoms with Gasteiger partial charge in [-0.05, 0) is 58.7 Å². The minimum absolute atomic E-state index is 0.546. The van der Waals surface area contributed by atoms with E-state index in [-0.39, 0.29) is 0 Å². The molecule has 1 heterocycles. The Morgan fingerprint density at radius 2 is 1.82 bits per heavy atom. The summed E-state index contributed by atoms with van der Waals surface area (Å²) in [5.74, 6) is 1.29. The third-order valence-corrected chi connectivity index (χ3v) is 3.76. The van der Waals surface area contributed by atoms with Gasteiger partial charge in [0, 0.05) is 16.4 Å². The number of benzene rings is 2. The Labute approximate surface area is 137 Å². The van der Waals surface area contributed by atoms with Crippen molar-refractivity contribution in [2.45, 2.75) is 6.92 Å². The fraction of sp³-hybridized carbons (Fsp3) is 0.0588. The number of para-hydroxylation sites is 1. The summed E-state index contributed by atoms with van der Waals surface area (Å²) in [6, 6.07) is 17.9. The van der Waals surface area contributed by atoms with Crippen molar-refractivity contribution in [1.82, 2.24) is 9.97 Å². The zero-order valence-electron chi connectivity index (χ0n) is 12.0. The standard InChI is InChI=1S/C17H15BrN4/c1-12-5-4-6-13(11-12)20-16-9-10-19-17(22-16)21-15-8-3-2-7-14(15)18/h2-11H,1H3,(H2,19,20,21,22). The topological polar surface area (TPSA) is 49.8 Å². The largest absolute Gasteiger partial charge is 0.340 e. The van der Waals surface area contributed by atoms with Gasteiger partial charge in [0.25, 0.3) is 0 Å². The lowest BCUT2D eigenvalue weighted by Crippen LogP contribution is -2.00. The fourth-order valence-corrected chi connectivity index (χ4v) is 2.43. The molecule has 1 aromatic heterocycles. The number of nitrogens with zero attached hydrogens (tertiary/aromatic N) is 2. The molecule has 0 bridgehead atoms. The third kappa shape index (κ3) is 3.62. The number of anilines is 4. The van der Waals surface area contributed by atoms with Crippen LogP contribution in [0.1, 0.15) is 5.56 Å². The van der Waals surface area contributed by atoms with Crippen LogP contribution >= 0.6 is 15.9 Å². The SMILES string of the molecule is Cc1cccc(Nc2ccnc(Nc3ccccc3Br)n2)c1. The average Bonchev–Trinajstić information content (AvgIpc) is 2.50. The molecule has 3 rings (SSSR count). The molecular formula is C17H15BrN4. The van der Waals surface area contributed by atoms with E-state index in [1.165, 1.54) is 5.56 Å². The Hall–Kier alpha value is -2.40. The van der Waals surface area contributed by atoms with E-state index in [4.69, 9.17) is 0 Å². The highest BCUT2D eigenvalue weighted by Crippen LogP contribution is 2.24. The minimum Gasteiger partial charge on any atom is -0.340 e. The molecule has 0 fully saturated rings.